The van der Waals surface area contributed by atoms with Gasteiger partial charge in [0.15, 0.2) is 9.84 Å². The summed E-state index contributed by atoms with van der Waals surface area (Å²) in [5.41, 5.74) is 0.779. The molecule has 2 rings (SSSR count). The molecule has 0 bridgehead atoms. The summed E-state index contributed by atoms with van der Waals surface area (Å²) in [7, 11) is -1.56. The van der Waals surface area contributed by atoms with Crippen molar-refractivity contribution in [2.24, 2.45) is 0 Å². The zero-order valence-corrected chi connectivity index (χ0v) is 15.2. The number of likely N-dealkylation sites (N-methyl/N-ethyl adjacent to an activating group) is 1. The molecule has 0 radical (unpaired) electrons. The molecular formula is C18H23NO4S. The van der Waals surface area contributed by atoms with E-state index in [0.29, 0.717) is 0 Å². The lowest BCUT2D eigenvalue weighted by molar-refractivity contribution is -0.131. The van der Waals surface area contributed by atoms with E-state index in [9.17, 15) is 13.2 Å². The summed E-state index contributed by atoms with van der Waals surface area (Å²) in [6, 6.07) is 9.98. The van der Waals surface area contributed by atoms with Gasteiger partial charge in [0.25, 0.3) is 0 Å². The van der Waals surface area contributed by atoms with E-state index in [0.717, 1.165) is 11.3 Å². The normalized spacial score (nSPS) is 13.0. The fourth-order valence-corrected chi connectivity index (χ4v) is 3.36. The van der Waals surface area contributed by atoms with E-state index in [-0.39, 0.29) is 23.3 Å². The molecule has 0 saturated heterocycles. The van der Waals surface area contributed by atoms with Gasteiger partial charge in [0.1, 0.15) is 5.76 Å². The van der Waals surface area contributed by atoms with Crippen molar-refractivity contribution in [3.8, 4) is 0 Å². The maximum Gasteiger partial charge on any atom is 0.227 e. The van der Waals surface area contributed by atoms with Crippen LogP contribution in [0.1, 0.15) is 38.1 Å². The van der Waals surface area contributed by atoms with Gasteiger partial charge in [-0.25, -0.2) is 8.42 Å². The first kappa shape index (κ1) is 18.3. The van der Waals surface area contributed by atoms with Crippen LogP contribution in [0.15, 0.2) is 52.0 Å². The van der Waals surface area contributed by atoms with E-state index in [2.05, 4.69) is 0 Å². The first-order valence-electron chi connectivity index (χ1n) is 7.85. The van der Waals surface area contributed by atoms with Crippen LogP contribution >= 0.6 is 0 Å². The average molecular weight is 349 g/mol. The summed E-state index contributed by atoms with van der Waals surface area (Å²) in [6.07, 6.45) is 1.79. The third-order valence-corrected chi connectivity index (χ3v) is 6.33. The van der Waals surface area contributed by atoms with Crippen molar-refractivity contribution in [2.75, 3.05) is 7.05 Å². The zero-order valence-electron chi connectivity index (χ0n) is 14.4. The Labute approximate surface area is 143 Å². The van der Waals surface area contributed by atoms with Crippen LogP contribution in [0.3, 0.4) is 0 Å². The Morgan fingerprint density at radius 2 is 1.75 bits per heavy atom. The lowest BCUT2D eigenvalue weighted by Gasteiger charge is -2.23. The molecule has 6 heteroatoms. The standard InChI is InChI=1S/C18H23NO4S/c1-13(2)24(21,22)16-9-7-15(8-10-16)12-18(20)19(4)14(3)17-6-5-11-23-17/h5-11,13-14H,12H2,1-4H3/t14-/m0/s1. The lowest BCUT2D eigenvalue weighted by atomic mass is 10.1. The molecule has 0 saturated carbocycles. The zero-order chi connectivity index (χ0) is 17.9. The van der Waals surface area contributed by atoms with Gasteiger partial charge in [-0.2, -0.15) is 0 Å². The minimum Gasteiger partial charge on any atom is -0.467 e. The summed E-state index contributed by atoms with van der Waals surface area (Å²) >= 11 is 0. The number of carbonyl (C=O) groups excluding carboxylic acids is 1. The molecule has 0 N–H and O–H groups in total. The molecule has 1 amide bonds. The van der Waals surface area contributed by atoms with Gasteiger partial charge in [0.05, 0.1) is 28.9 Å². The van der Waals surface area contributed by atoms with Gasteiger partial charge in [-0.3, -0.25) is 4.79 Å². The van der Waals surface area contributed by atoms with Gasteiger partial charge in [0, 0.05) is 7.05 Å². The molecule has 1 atom stereocenters. The first-order chi connectivity index (χ1) is 11.2. The molecule has 1 heterocycles. The van der Waals surface area contributed by atoms with Crippen LogP contribution < -0.4 is 0 Å². The Kier molecular flexibility index (Phi) is 5.49. The number of sulfone groups is 1. The average Bonchev–Trinajstić information content (AvgIpc) is 3.08. The molecule has 24 heavy (non-hydrogen) atoms. The van der Waals surface area contributed by atoms with E-state index in [1.165, 1.54) is 0 Å². The topological polar surface area (TPSA) is 67.6 Å². The fourth-order valence-electron chi connectivity index (χ4n) is 2.30. The van der Waals surface area contributed by atoms with Crippen LogP contribution in [0.5, 0.6) is 0 Å². The highest BCUT2D eigenvalue weighted by molar-refractivity contribution is 7.92. The van der Waals surface area contributed by atoms with Crippen LogP contribution in [0.2, 0.25) is 0 Å². The molecule has 0 aliphatic carbocycles. The molecule has 0 aliphatic heterocycles. The Morgan fingerprint density at radius 3 is 2.25 bits per heavy atom. The van der Waals surface area contributed by atoms with Gasteiger partial charge < -0.3 is 9.32 Å². The Balaban J connectivity index is 2.07. The largest absolute Gasteiger partial charge is 0.467 e. The Morgan fingerprint density at radius 1 is 1.12 bits per heavy atom. The molecule has 1 aromatic carbocycles. The quantitative estimate of drug-likeness (QED) is 0.803. The second kappa shape index (κ2) is 7.21. The third-order valence-electron chi connectivity index (χ3n) is 4.16. The predicted molar refractivity (Wildman–Crippen MR) is 92.4 cm³/mol. The number of hydrogen-bond donors (Lipinski definition) is 0. The minimum absolute atomic E-state index is 0.0571. The van der Waals surface area contributed by atoms with Gasteiger partial charge >= 0.3 is 0 Å². The van der Waals surface area contributed by atoms with Crippen LogP contribution in [-0.4, -0.2) is 31.5 Å². The highest BCUT2D eigenvalue weighted by atomic mass is 32.2. The fraction of sp³-hybridized carbons (Fsp3) is 0.389. The summed E-state index contributed by atoms with van der Waals surface area (Å²) in [4.78, 5) is 14.3. The highest BCUT2D eigenvalue weighted by Gasteiger charge is 2.21. The third kappa shape index (κ3) is 3.87. The second-order valence-electron chi connectivity index (χ2n) is 6.11. The molecule has 0 fully saturated rings. The number of carbonyl (C=O) groups is 1. The van der Waals surface area contributed by atoms with Crippen LogP contribution in [0.4, 0.5) is 0 Å². The maximum absolute atomic E-state index is 12.4. The Bertz CT molecular complexity index is 777. The van der Waals surface area contributed by atoms with E-state index in [4.69, 9.17) is 4.42 Å². The summed E-state index contributed by atoms with van der Waals surface area (Å²) in [6.45, 7) is 5.20. The monoisotopic (exact) mass is 349 g/mol. The van der Waals surface area contributed by atoms with E-state index in [1.54, 1.807) is 62.4 Å². The molecule has 0 unspecified atom stereocenters. The molecule has 0 spiro atoms. The van der Waals surface area contributed by atoms with Crippen molar-refractivity contribution in [1.29, 1.82) is 0 Å². The van der Waals surface area contributed by atoms with Crippen molar-refractivity contribution < 1.29 is 17.6 Å². The molecule has 1 aromatic heterocycles. The van der Waals surface area contributed by atoms with Crippen LogP contribution in [0.25, 0.3) is 0 Å². The summed E-state index contributed by atoms with van der Waals surface area (Å²) < 4.78 is 29.5. The van der Waals surface area contributed by atoms with E-state index in [1.807, 2.05) is 13.0 Å². The molecule has 2 aromatic rings. The van der Waals surface area contributed by atoms with Crippen molar-refractivity contribution in [1.82, 2.24) is 4.90 Å². The predicted octanol–water partition coefficient (Wildman–Crippen LogP) is 3.22. The second-order valence-corrected chi connectivity index (χ2v) is 8.61. The number of hydrogen-bond acceptors (Lipinski definition) is 4. The lowest BCUT2D eigenvalue weighted by Crippen LogP contribution is -2.30. The van der Waals surface area contributed by atoms with Crippen LogP contribution in [-0.2, 0) is 21.1 Å². The van der Waals surface area contributed by atoms with Crippen molar-refractivity contribution in [3.63, 3.8) is 0 Å². The summed E-state index contributed by atoms with van der Waals surface area (Å²) in [5, 5.41) is -0.467. The number of amides is 1. The number of rotatable bonds is 6. The maximum atomic E-state index is 12.4. The van der Waals surface area contributed by atoms with Crippen molar-refractivity contribution >= 4 is 15.7 Å². The van der Waals surface area contributed by atoms with Gasteiger partial charge in [-0.15, -0.1) is 0 Å². The first-order valence-corrected chi connectivity index (χ1v) is 9.40. The number of nitrogens with zero attached hydrogens (tertiary/aromatic N) is 1. The van der Waals surface area contributed by atoms with Crippen molar-refractivity contribution in [2.45, 2.75) is 43.4 Å². The van der Waals surface area contributed by atoms with Gasteiger partial charge in [-0.1, -0.05) is 12.1 Å². The van der Waals surface area contributed by atoms with E-state index >= 15 is 0 Å². The smallest absolute Gasteiger partial charge is 0.227 e. The van der Waals surface area contributed by atoms with Gasteiger partial charge in [0.2, 0.25) is 5.91 Å². The minimum atomic E-state index is -3.29. The number of benzene rings is 1. The molecule has 0 aliphatic rings. The number of furan rings is 1. The van der Waals surface area contributed by atoms with Gasteiger partial charge in [-0.05, 0) is 50.6 Å². The molecule has 130 valence electrons. The van der Waals surface area contributed by atoms with Crippen LogP contribution in [0, 0.1) is 0 Å². The van der Waals surface area contributed by atoms with Crippen molar-refractivity contribution in [3.05, 3.63) is 54.0 Å². The summed E-state index contributed by atoms with van der Waals surface area (Å²) in [5.74, 6) is 0.669. The Hall–Kier alpha value is -2.08. The molecule has 5 nitrogen and oxygen atoms in total. The SMILES string of the molecule is CC(C)S(=O)(=O)c1ccc(CC(=O)N(C)[C@@H](C)c2ccco2)cc1. The van der Waals surface area contributed by atoms with E-state index < -0.39 is 15.1 Å². The molecular weight excluding hydrogens is 326 g/mol. The highest BCUT2D eigenvalue weighted by Crippen LogP contribution is 2.21.